The highest BCUT2D eigenvalue weighted by atomic mass is 16.4. The summed E-state index contributed by atoms with van der Waals surface area (Å²) in [6.45, 7) is 4.19. The van der Waals surface area contributed by atoms with Crippen molar-refractivity contribution in [3.63, 3.8) is 0 Å². The number of likely N-dealkylation sites (tertiary alicyclic amines) is 1. The number of hydrogen-bond acceptors (Lipinski definition) is 5. The quantitative estimate of drug-likeness (QED) is 0.672. The lowest BCUT2D eigenvalue weighted by atomic mass is 9.79. The maximum atomic E-state index is 10.8. The number of rotatable bonds is 8. The summed E-state index contributed by atoms with van der Waals surface area (Å²) in [7, 11) is 0. The van der Waals surface area contributed by atoms with Crippen LogP contribution in [0.1, 0.15) is 62.3 Å². The van der Waals surface area contributed by atoms with Crippen molar-refractivity contribution in [3.05, 3.63) is 41.7 Å². The third-order valence-corrected chi connectivity index (χ3v) is 6.89. The number of tetrazole rings is 1. The van der Waals surface area contributed by atoms with Crippen molar-refractivity contribution in [2.75, 3.05) is 26.2 Å². The molecule has 1 amide bonds. The highest BCUT2D eigenvalue weighted by Gasteiger charge is 2.31. The molecular formula is C23H34N6O2. The summed E-state index contributed by atoms with van der Waals surface area (Å²) in [5, 5.41) is 25.0. The van der Waals surface area contributed by atoms with Gasteiger partial charge in [-0.25, -0.2) is 4.79 Å². The van der Waals surface area contributed by atoms with E-state index in [1.54, 1.807) is 4.80 Å². The molecular weight excluding hydrogens is 392 g/mol. The molecule has 0 radical (unpaired) electrons. The van der Waals surface area contributed by atoms with Gasteiger partial charge in [-0.3, -0.25) is 0 Å². The van der Waals surface area contributed by atoms with Gasteiger partial charge in [-0.1, -0.05) is 49.6 Å². The fourth-order valence-corrected chi connectivity index (χ4v) is 5.08. The predicted molar refractivity (Wildman–Crippen MR) is 118 cm³/mol. The van der Waals surface area contributed by atoms with E-state index in [2.05, 4.69) is 32.7 Å². The van der Waals surface area contributed by atoms with Crippen LogP contribution in [0, 0.1) is 11.8 Å². The van der Waals surface area contributed by atoms with Crippen LogP contribution in [0.5, 0.6) is 0 Å². The average Bonchev–Trinajstić information content (AvgIpc) is 3.26. The van der Waals surface area contributed by atoms with Gasteiger partial charge in [-0.05, 0) is 61.4 Å². The van der Waals surface area contributed by atoms with Crippen molar-refractivity contribution in [2.45, 2.75) is 57.4 Å². The van der Waals surface area contributed by atoms with E-state index >= 15 is 0 Å². The lowest BCUT2D eigenvalue weighted by molar-refractivity contribution is 0.145. The molecule has 1 aliphatic heterocycles. The monoisotopic (exact) mass is 426 g/mol. The summed E-state index contributed by atoms with van der Waals surface area (Å²) in [6.07, 6.45) is 7.55. The largest absolute Gasteiger partial charge is 0.465 e. The minimum Gasteiger partial charge on any atom is -0.465 e. The highest BCUT2D eigenvalue weighted by Crippen LogP contribution is 2.36. The molecule has 8 heteroatoms. The number of piperidine rings is 1. The summed E-state index contributed by atoms with van der Waals surface area (Å²) >= 11 is 0. The van der Waals surface area contributed by atoms with E-state index in [-0.39, 0.29) is 0 Å². The van der Waals surface area contributed by atoms with Crippen LogP contribution < -0.4 is 5.32 Å². The molecule has 168 valence electrons. The summed E-state index contributed by atoms with van der Waals surface area (Å²) in [5.74, 6) is 2.26. The summed E-state index contributed by atoms with van der Waals surface area (Å²) in [4.78, 5) is 15.0. The molecule has 1 atom stereocenters. The van der Waals surface area contributed by atoms with Crippen molar-refractivity contribution in [1.82, 2.24) is 30.4 Å². The van der Waals surface area contributed by atoms with E-state index in [0.717, 1.165) is 38.3 Å². The van der Waals surface area contributed by atoms with Gasteiger partial charge in [0, 0.05) is 19.0 Å². The molecule has 8 nitrogen and oxygen atoms in total. The zero-order chi connectivity index (χ0) is 21.5. The van der Waals surface area contributed by atoms with E-state index in [1.165, 1.54) is 37.7 Å². The van der Waals surface area contributed by atoms with Gasteiger partial charge in [0.05, 0.1) is 6.54 Å². The van der Waals surface area contributed by atoms with Crippen LogP contribution in [0.15, 0.2) is 30.3 Å². The van der Waals surface area contributed by atoms with E-state index < -0.39 is 6.09 Å². The van der Waals surface area contributed by atoms with Gasteiger partial charge >= 0.3 is 6.09 Å². The molecule has 0 spiro atoms. The smallest absolute Gasteiger partial charge is 0.404 e. The second kappa shape index (κ2) is 10.7. The molecule has 31 heavy (non-hydrogen) atoms. The number of hydrogen-bond donors (Lipinski definition) is 2. The molecule has 2 aromatic rings. The molecule has 2 N–H and O–H groups in total. The highest BCUT2D eigenvalue weighted by molar-refractivity contribution is 5.64. The SMILES string of the molecule is O=C(O)NCC1CCN(CC(c2nnn(Cc3ccccc3)n2)C2CCCCC2)CC1. The van der Waals surface area contributed by atoms with Gasteiger partial charge in [0.15, 0.2) is 5.82 Å². The number of amides is 1. The Kier molecular flexibility index (Phi) is 7.51. The van der Waals surface area contributed by atoms with Crippen LogP contribution in [-0.2, 0) is 6.54 Å². The Balaban J connectivity index is 1.39. The first-order chi connectivity index (χ1) is 15.2. The average molecular weight is 427 g/mol. The lowest BCUT2D eigenvalue weighted by Crippen LogP contribution is -2.41. The second-order valence-corrected chi connectivity index (χ2v) is 9.10. The van der Waals surface area contributed by atoms with E-state index in [1.807, 2.05) is 18.2 Å². The van der Waals surface area contributed by atoms with Crippen LogP contribution in [0.4, 0.5) is 4.79 Å². The van der Waals surface area contributed by atoms with Gasteiger partial charge in [0.25, 0.3) is 0 Å². The number of nitrogens with one attached hydrogen (secondary N) is 1. The normalized spacial score (nSPS) is 19.9. The lowest BCUT2D eigenvalue weighted by Gasteiger charge is -2.36. The zero-order valence-corrected chi connectivity index (χ0v) is 18.2. The fourth-order valence-electron chi connectivity index (χ4n) is 5.08. The standard InChI is InChI=1S/C23H34N6O2/c30-23(31)24-15-18-11-13-28(14-12-18)17-21(20-9-5-2-6-10-20)22-25-27-29(26-22)16-19-7-3-1-4-8-19/h1,3-4,7-8,18,20-21,24H,2,5-6,9-17H2,(H,30,31). The Labute approximate surface area is 184 Å². The van der Waals surface area contributed by atoms with E-state index in [9.17, 15) is 4.79 Å². The van der Waals surface area contributed by atoms with Crippen molar-refractivity contribution >= 4 is 6.09 Å². The minimum atomic E-state index is -0.926. The first kappa shape index (κ1) is 21.7. The molecule has 1 aromatic carbocycles. The molecule has 1 unspecified atom stereocenters. The number of carbonyl (C=O) groups is 1. The molecule has 4 rings (SSSR count). The predicted octanol–water partition coefficient (Wildman–Crippen LogP) is 3.36. The summed E-state index contributed by atoms with van der Waals surface area (Å²) in [5.41, 5.74) is 1.18. The van der Waals surface area contributed by atoms with Crippen molar-refractivity contribution in [1.29, 1.82) is 0 Å². The van der Waals surface area contributed by atoms with Crippen LogP contribution in [-0.4, -0.2) is 62.5 Å². The molecule has 2 aliphatic rings. The van der Waals surface area contributed by atoms with Crippen LogP contribution in [0.2, 0.25) is 0 Å². The first-order valence-corrected chi connectivity index (χ1v) is 11.7. The first-order valence-electron chi connectivity index (χ1n) is 11.7. The van der Waals surface area contributed by atoms with Gasteiger partial charge in [-0.2, -0.15) is 4.80 Å². The molecule has 2 fully saturated rings. The zero-order valence-electron chi connectivity index (χ0n) is 18.2. The van der Waals surface area contributed by atoms with Crippen molar-refractivity contribution < 1.29 is 9.90 Å². The second-order valence-electron chi connectivity index (χ2n) is 9.10. The molecule has 1 aliphatic carbocycles. The third-order valence-electron chi connectivity index (χ3n) is 6.89. The topological polar surface area (TPSA) is 96.2 Å². The Morgan fingerprint density at radius 3 is 2.55 bits per heavy atom. The fraction of sp³-hybridized carbons (Fsp3) is 0.652. The Morgan fingerprint density at radius 2 is 1.84 bits per heavy atom. The number of nitrogens with zero attached hydrogens (tertiary/aromatic N) is 5. The Hall–Kier alpha value is -2.48. The summed E-state index contributed by atoms with van der Waals surface area (Å²) in [6, 6.07) is 10.3. The molecule has 0 bridgehead atoms. The van der Waals surface area contributed by atoms with Gasteiger partial charge in [0.2, 0.25) is 0 Å². The van der Waals surface area contributed by atoms with Gasteiger partial charge in [-0.15, -0.1) is 10.2 Å². The maximum absolute atomic E-state index is 10.8. The molecule has 2 heterocycles. The number of carboxylic acid groups (broad SMARTS) is 1. The maximum Gasteiger partial charge on any atom is 0.404 e. The van der Waals surface area contributed by atoms with Crippen LogP contribution >= 0.6 is 0 Å². The summed E-state index contributed by atoms with van der Waals surface area (Å²) < 4.78 is 0. The van der Waals surface area contributed by atoms with Crippen LogP contribution in [0.25, 0.3) is 0 Å². The number of aromatic nitrogens is 4. The van der Waals surface area contributed by atoms with Gasteiger partial charge in [0.1, 0.15) is 0 Å². The van der Waals surface area contributed by atoms with Crippen LogP contribution in [0.3, 0.4) is 0 Å². The van der Waals surface area contributed by atoms with E-state index in [0.29, 0.717) is 30.8 Å². The number of benzene rings is 1. The molecule has 1 aromatic heterocycles. The van der Waals surface area contributed by atoms with Gasteiger partial charge < -0.3 is 15.3 Å². The van der Waals surface area contributed by atoms with Crippen molar-refractivity contribution in [2.24, 2.45) is 11.8 Å². The van der Waals surface area contributed by atoms with Crippen molar-refractivity contribution in [3.8, 4) is 0 Å². The Morgan fingerprint density at radius 1 is 1.10 bits per heavy atom. The van der Waals surface area contributed by atoms with E-state index in [4.69, 9.17) is 10.2 Å². The third kappa shape index (κ3) is 6.26. The molecule has 1 saturated heterocycles. The Bertz CT molecular complexity index is 812. The molecule has 1 saturated carbocycles. The minimum absolute atomic E-state index is 0.318.